The van der Waals surface area contributed by atoms with Crippen LogP contribution in [0.25, 0.3) is 4.98 Å². The second-order valence-corrected chi connectivity index (χ2v) is 2.85. The van der Waals surface area contributed by atoms with Crippen molar-refractivity contribution >= 4 is 11.4 Å². The molecule has 0 amide bonds. The van der Waals surface area contributed by atoms with Crippen LogP contribution in [0.4, 0.5) is 11.4 Å². The second kappa shape index (κ2) is 3.76. The number of anilines is 1. The maximum Gasteiger partial charge on any atom is 0.387 e. The van der Waals surface area contributed by atoms with Crippen LogP contribution in [-0.2, 0) is 0 Å². The van der Waals surface area contributed by atoms with Gasteiger partial charge in [-0.15, -0.1) is 0 Å². The van der Waals surface area contributed by atoms with E-state index in [4.69, 9.17) is 10.1 Å². The monoisotopic (exact) mass is 178 g/mol. The SMILES string of the molecule is COc1ccc([N+]#N)cc1N(C)C. The molecule has 0 aromatic heterocycles. The van der Waals surface area contributed by atoms with Gasteiger partial charge in [-0.1, -0.05) is 0 Å². The van der Waals surface area contributed by atoms with E-state index in [-0.39, 0.29) is 0 Å². The molecule has 68 valence electrons. The number of nitrogens with zero attached hydrogens (tertiary/aromatic N) is 3. The van der Waals surface area contributed by atoms with Crippen molar-refractivity contribution in [2.45, 2.75) is 0 Å². The van der Waals surface area contributed by atoms with E-state index in [0.29, 0.717) is 5.69 Å². The molecule has 1 aromatic carbocycles. The third-order valence-corrected chi connectivity index (χ3v) is 1.76. The molecule has 1 aromatic rings. The Morgan fingerprint density at radius 2 is 2.08 bits per heavy atom. The Balaban J connectivity index is 3.20. The Bertz CT molecular complexity index is 341. The van der Waals surface area contributed by atoms with Crippen LogP contribution in [0.1, 0.15) is 0 Å². The molecule has 0 aliphatic rings. The summed E-state index contributed by atoms with van der Waals surface area (Å²) in [6.45, 7) is 0. The number of ether oxygens (including phenoxy) is 1. The summed E-state index contributed by atoms with van der Waals surface area (Å²) in [6, 6.07) is 5.20. The van der Waals surface area contributed by atoms with Crippen molar-refractivity contribution in [3.05, 3.63) is 23.2 Å². The molecule has 0 aliphatic heterocycles. The lowest BCUT2D eigenvalue weighted by Crippen LogP contribution is -2.09. The smallest absolute Gasteiger partial charge is 0.387 e. The Morgan fingerprint density at radius 1 is 1.38 bits per heavy atom. The fourth-order valence-electron chi connectivity index (χ4n) is 1.09. The first-order valence-corrected chi connectivity index (χ1v) is 3.89. The summed E-state index contributed by atoms with van der Waals surface area (Å²) in [6.07, 6.45) is 0. The van der Waals surface area contributed by atoms with Crippen molar-refractivity contribution in [3.8, 4) is 5.75 Å². The highest BCUT2D eigenvalue weighted by Crippen LogP contribution is 2.30. The normalized spacial score (nSPS) is 9.08. The Morgan fingerprint density at radius 3 is 2.54 bits per heavy atom. The summed E-state index contributed by atoms with van der Waals surface area (Å²) in [4.78, 5) is 5.00. The first kappa shape index (κ1) is 9.33. The molecule has 4 nitrogen and oxygen atoms in total. The summed E-state index contributed by atoms with van der Waals surface area (Å²) in [5.74, 6) is 0.761. The van der Waals surface area contributed by atoms with E-state index in [1.165, 1.54) is 0 Å². The van der Waals surface area contributed by atoms with E-state index in [1.807, 2.05) is 19.0 Å². The molecule has 1 rings (SSSR count). The van der Waals surface area contributed by atoms with E-state index in [2.05, 4.69) is 4.98 Å². The molecule has 4 heteroatoms. The third kappa shape index (κ3) is 1.88. The van der Waals surface area contributed by atoms with Gasteiger partial charge in [0.25, 0.3) is 0 Å². The molecule has 0 bridgehead atoms. The molecule has 0 saturated carbocycles. The van der Waals surface area contributed by atoms with Crippen molar-refractivity contribution in [3.63, 3.8) is 0 Å². The summed E-state index contributed by atoms with van der Waals surface area (Å²) in [7, 11) is 5.41. The van der Waals surface area contributed by atoms with Crippen LogP contribution in [0.15, 0.2) is 18.2 Å². The molecule has 0 heterocycles. The van der Waals surface area contributed by atoms with E-state index in [0.717, 1.165) is 11.4 Å². The van der Waals surface area contributed by atoms with Gasteiger partial charge in [-0.25, -0.2) is 0 Å². The molecule has 0 fully saturated rings. The highest BCUT2D eigenvalue weighted by atomic mass is 16.5. The summed E-state index contributed by atoms with van der Waals surface area (Å²) >= 11 is 0. The average Bonchev–Trinajstić information content (AvgIpc) is 2.16. The topological polar surface area (TPSA) is 40.6 Å². The van der Waals surface area contributed by atoms with Gasteiger partial charge >= 0.3 is 5.69 Å². The third-order valence-electron chi connectivity index (χ3n) is 1.76. The number of methoxy groups -OCH3 is 1. The van der Waals surface area contributed by atoms with Gasteiger partial charge in [-0.3, -0.25) is 0 Å². The molecule has 0 unspecified atom stereocenters. The van der Waals surface area contributed by atoms with Crippen molar-refractivity contribution in [1.29, 1.82) is 5.39 Å². The Labute approximate surface area is 77.4 Å². The fraction of sp³-hybridized carbons (Fsp3) is 0.333. The van der Waals surface area contributed by atoms with Gasteiger partial charge in [0.2, 0.25) is 5.39 Å². The summed E-state index contributed by atoms with van der Waals surface area (Å²) in [5, 5.41) is 8.57. The maximum absolute atomic E-state index is 8.57. The minimum absolute atomic E-state index is 0.518. The van der Waals surface area contributed by atoms with Crippen molar-refractivity contribution < 1.29 is 4.74 Å². The van der Waals surface area contributed by atoms with Crippen LogP contribution in [-0.4, -0.2) is 21.2 Å². The van der Waals surface area contributed by atoms with Gasteiger partial charge in [-0.05, 0) is 6.07 Å². The molecule has 13 heavy (non-hydrogen) atoms. The van der Waals surface area contributed by atoms with E-state index >= 15 is 0 Å². The lowest BCUT2D eigenvalue weighted by molar-refractivity contribution is 0.415. The zero-order valence-electron chi connectivity index (χ0n) is 7.98. The van der Waals surface area contributed by atoms with Crippen LogP contribution in [0.5, 0.6) is 5.75 Å². The molecule has 0 spiro atoms. The van der Waals surface area contributed by atoms with Crippen LogP contribution < -0.4 is 9.64 Å². The lowest BCUT2D eigenvalue weighted by Gasteiger charge is -2.14. The predicted molar refractivity (Wildman–Crippen MR) is 52.1 cm³/mol. The van der Waals surface area contributed by atoms with Crippen molar-refractivity contribution in [2.75, 3.05) is 26.1 Å². The zero-order valence-corrected chi connectivity index (χ0v) is 7.98. The number of diazo groups is 1. The zero-order chi connectivity index (χ0) is 9.84. The van der Waals surface area contributed by atoms with E-state index in [9.17, 15) is 0 Å². The summed E-state index contributed by atoms with van der Waals surface area (Å²) in [5.41, 5.74) is 1.40. The number of hydrogen-bond acceptors (Lipinski definition) is 3. The molecule has 0 N–H and O–H groups in total. The molecule has 0 atom stereocenters. The fourth-order valence-corrected chi connectivity index (χ4v) is 1.09. The van der Waals surface area contributed by atoms with Crippen LogP contribution in [0.3, 0.4) is 0 Å². The maximum atomic E-state index is 8.57. The highest BCUT2D eigenvalue weighted by Gasteiger charge is 2.11. The largest absolute Gasteiger partial charge is 0.495 e. The Kier molecular flexibility index (Phi) is 2.70. The molecule has 0 aliphatic carbocycles. The van der Waals surface area contributed by atoms with Gasteiger partial charge in [0.05, 0.1) is 18.9 Å². The lowest BCUT2D eigenvalue weighted by atomic mass is 10.2. The van der Waals surface area contributed by atoms with Gasteiger partial charge in [0.15, 0.2) is 4.98 Å². The van der Waals surface area contributed by atoms with Gasteiger partial charge < -0.3 is 9.64 Å². The van der Waals surface area contributed by atoms with Crippen molar-refractivity contribution in [2.24, 2.45) is 0 Å². The number of benzene rings is 1. The number of rotatable bonds is 2. The molecular weight excluding hydrogens is 166 g/mol. The van der Waals surface area contributed by atoms with Gasteiger partial charge in [-0.2, -0.15) is 0 Å². The summed E-state index contributed by atoms with van der Waals surface area (Å²) < 4.78 is 5.14. The molecule has 0 radical (unpaired) electrons. The second-order valence-electron chi connectivity index (χ2n) is 2.85. The quantitative estimate of drug-likeness (QED) is 0.652. The average molecular weight is 178 g/mol. The van der Waals surface area contributed by atoms with Crippen LogP contribution in [0, 0.1) is 5.39 Å². The Hall–Kier alpha value is -1.76. The van der Waals surface area contributed by atoms with Crippen molar-refractivity contribution in [1.82, 2.24) is 0 Å². The van der Waals surface area contributed by atoms with Crippen LogP contribution in [0.2, 0.25) is 0 Å². The molecular formula is C9H12N3O+. The van der Waals surface area contributed by atoms with E-state index < -0.39 is 0 Å². The molecule has 0 saturated heterocycles. The minimum Gasteiger partial charge on any atom is -0.495 e. The van der Waals surface area contributed by atoms with Crippen LogP contribution >= 0.6 is 0 Å². The standard InChI is InChI=1S/C9H12N3O/c1-12(2)8-6-7(11-10)4-5-9(8)13-3/h4-6H,1-3H3/q+1. The highest BCUT2D eigenvalue weighted by molar-refractivity contribution is 5.65. The predicted octanol–water partition coefficient (Wildman–Crippen LogP) is 2.25. The first-order chi connectivity index (χ1) is 6.19. The number of hydrogen-bond donors (Lipinski definition) is 0. The van der Waals surface area contributed by atoms with E-state index in [1.54, 1.807) is 25.3 Å². The first-order valence-electron chi connectivity index (χ1n) is 3.89. The van der Waals surface area contributed by atoms with Gasteiger partial charge in [0, 0.05) is 20.2 Å². The van der Waals surface area contributed by atoms with Gasteiger partial charge in [0.1, 0.15) is 5.75 Å². The minimum atomic E-state index is 0.518.